The Morgan fingerprint density at radius 1 is 0.969 bits per heavy atom. The number of Topliss-reactive ketones (excluding diaryl/α,β-unsaturated/α-hetero) is 1. The van der Waals surface area contributed by atoms with Gasteiger partial charge >= 0.3 is 0 Å². The molecule has 0 radical (unpaired) electrons. The van der Waals surface area contributed by atoms with Crippen LogP contribution in [0.5, 0.6) is 0 Å². The number of ketones is 1. The number of carbonyl (C=O) groups is 1. The molecule has 4 aliphatic carbocycles. The lowest BCUT2D eigenvalue weighted by molar-refractivity contribution is -0.116. The summed E-state index contributed by atoms with van der Waals surface area (Å²) < 4.78 is 0. The molecule has 32 heavy (non-hydrogen) atoms. The van der Waals surface area contributed by atoms with Crippen molar-refractivity contribution in [1.82, 2.24) is 0 Å². The topological polar surface area (TPSA) is 32.7 Å². The molecule has 4 saturated carbocycles. The molecule has 3 heteroatoms. The average Bonchev–Trinajstić information content (AvgIpc) is 3.04. The molecule has 0 saturated heterocycles. The van der Waals surface area contributed by atoms with Gasteiger partial charge in [-0.1, -0.05) is 26.7 Å². The lowest BCUT2D eigenvalue weighted by Crippen LogP contribution is -2.52. The van der Waals surface area contributed by atoms with E-state index in [4.69, 9.17) is 0 Å². The molecule has 1 unspecified atom stereocenters. The van der Waals surface area contributed by atoms with Gasteiger partial charge in [0.05, 0.1) is 5.69 Å². The molecule has 3 nitrogen and oxygen atoms in total. The molecule has 4 aliphatic rings. The lowest BCUT2D eigenvalue weighted by atomic mass is 9.45. The SMILES string of the molecule is CN(C)c1ccc(N=C/C=C2\C(=O)C[C@H]3[C@@H]4CCC5CCCC[C@]5(C)[C@H]4CC[C@]23C)cc1. The van der Waals surface area contributed by atoms with Crippen LogP contribution in [0, 0.1) is 34.5 Å². The van der Waals surface area contributed by atoms with Gasteiger partial charge in [0.2, 0.25) is 0 Å². The van der Waals surface area contributed by atoms with Crippen molar-refractivity contribution >= 4 is 23.4 Å². The van der Waals surface area contributed by atoms with Crippen molar-refractivity contribution in [3.63, 3.8) is 0 Å². The fourth-order valence-corrected chi connectivity index (χ4v) is 8.27. The Labute approximate surface area is 194 Å². The number of rotatable bonds is 3. The van der Waals surface area contributed by atoms with Gasteiger partial charge in [0, 0.05) is 38.0 Å². The van der Waals surface area contributed by atoms with Gasteiger partial charge in [0.1, 0.15) is 0 Å². The molecule has 4 fully saturated rings. The van der Waals surface area contributed by atoms with E-state index in [0.717, 1.165) is 35.4 Å². The van der Waals surface area contributed by atoms with E-state index < -0.39 is 0 Å². The summed E-state index contributed by atoms with van der Waals surface area (Å²) in [6.07, 6.45) is 15.6. The van der Waals surface area contributed by atoms with Gasteiger partial charge in [-0.2, -0.15) is 0 Å². The van der Waals surface area contributed by atoms with Gasteiger partial charge in [0.25, 0.3) is 0 Å². The summed E-state index contributed by atoms with van der Waals surface area (Å²) in [7, 11) is 4.09. The van der Waals surface area contributed by atoms with Crippen molar-refractivity contribution in [2.24, 2.45) is 39.5 Å². The summed E-state index contributed by atoms with van der Waals surface area (Å²) in [6.45, 7) is 5.00. The predicted octanol–water partition coefficient (Wildman–Crippen LogP) is 6.99. The summed E-state index contributed by atoms with van der Waals surface area (Å²) in [5.41, 5.74) is 3.72. The molecule has 6 atom stereocenters. The number of fused-ring (bicyclic) bond motifs is 5. The molecule has 0 aromatic heterocycles. The minimum Gasteiger partial charge on any atom is -0.378 e. The summed E-state index contributed by atoms with van der Waals surface area (Å²) in [4.78, 5) is 19.9. The normalized spacial score (nSPS) is 40.2. The number of allylic oxidation sites excluding steroid dienone is 2. The molecule has 0 heterocycles. The maximum Gasteiger partial charge on any atom is 0.159 e. The van der Waals surface area contributed by atoms with E-state index in [-0.39, 0.29) is 5.41 Å². The van der Waals surface area contributed by atoms with Gasteiger partial charge in [-0.05, 0) is 103 Å². The molecule has 1 aromatic rings. The second kappa shape index (κ2) is 8.15. The fourth-order valence-electron chi connectivity index (χ4n) is 8.27. The zero-order chi connectivity index (χ0) is 22.5. The van der Waals surface area contributed by atoms with Crippen LogP contribution in [0.4, 0.5) is 11.4 Å². The highest BCUT2D eigenvalue weighted by Crippen LogP contribution is 2.66. The highest BCUT2D eigenvalue weighted by atomic mass is 16.1. The first-order valence-electron chi connectivity index (χ1n) is 12.9. The van der Waals surface area contributed by atoms with Crippen molar-refractivity contribution in [3.05, 3.63) is 35.9 Å². The number of nitrogens with zero attached hydrogens (tertiary/aromatic N) is 2. The van der Waals surface area contributed by atoms with Crippen LogP contribution < -0.4 is 4.90 Å². The highest BCUT2D eigenvalue weighted by Gasteiger charge is 2.60. The zero-order valence-electron chi connectivity index (χ0n) is 20.4. The Morgan fingerprint density at radius 3 is 2.50 bits per heavy atom. The number of hydrogen-bond acceptors (Lipinski definition) is 3. The van der Waals surface area contributed by atoms with E-state index in [1.807, 2.05) is 32.4 Å². The largest absolute Gasteiger partial charge is 0.378 e. The van der Waals surface area contributed by atoms with Crippen molar-refractivity contribution in [2.45, 2.75) is 71.6 Å². The van der Waals surface area contributed by atoms with Crippen LogP contribution in [0.15, 0.2) is 40.9 Å². The van der Waals surface area contributed by atoms with E-state index in [9.17, 15) is 4.79 Å². The van der Waals surface area contributed by atoms with Gasteiger partial charge in [-0.15, -0.1) is 0 Å². The van der Waals surface area contributed by atoms with Crippen LogP contribution >= 0.6 is 0 Å². The molecule has 0 spiro atoms. The molecule has 0 amide bonds. The van der Waals surface area contributed by atoms with E-state index in [2.05, 4.69) is 41.9 Å². The molecule has 1 aromatic carbocycles. The Balaban J connectivity index is 1.36. The first kappa shape index (κ1) is 21.9. The van der Waals surface area contributed by atoms with Gasteiger partial charge in [-0.25, -0.2) is 0 Å². The number of aliphatic imine (C=N–C) groups is 1. The zero-order valence-corrected chi connectivity index (χ0v) is 20.4. The van der Waals surface area contributed by atoms with Gasteiger partial charge in [0.15, 0.2) is 5.78 Å². The first-order valence-corrected chi connectivity index (χ1v) is 12.9. The lowest BCUT2D eigenvalue weighted by Gasteiger charge is -2.59. The van der Waals surface area contributed by atoms with Gasteiger partial charge in [-0.3, -0.25) is 9.79 Å². The second-order valence-corrected chi connectivity index (χ2v) is 11.8. The minimum atomic E-state index is 0.0386. The van der Waals surface area contributed by atoms with Crippen molar-refractivity contribution in [1.29, 1.82) is 0 Å². The Kier molecular flexibility index (Phi) is 5.58. The van der Waals surface area contributed by atoms with E-state index >= 15 is 0 Å². The van der Waals surface area contributed by atoms with Crippen molar-refractivity contribution in [3.8, 4) is 0 Å². The van der Waals surface area contributed by atoms with E-state index in [0.29, 0.717) is 17.1 Å². The fraction of sp³-hybridized carbons (Fsp3) is 0.655. The maximum absolute atomic E-state index is 13.2. The third-order valence-corrected chi connectivity index (χ3v) is 10.1. The summed E-state index contributed by atoms with van der Waals surface area (Å²) in [5, 5.41) is 0. The van der Waals surface area contributed by atoms with Crippen LogP contribution in [-0.4, -0.2) is 26.1 Å². The molecule has 0 bridgehead atoms. The Hall–Kier alpha value is -1.90. The first-order chi connectivity index (χ1) is 15.3. The van der Waals surface area contributed by atoms with Gasteiger partial charge < -0.3 is 4.90 Å². The van der Waals surface area contributed by atoms with E-state index in [1.165, 1.54) is 57.1 Å². The maximum atomic E-state index is 13.2. The molecule has 5 rings (SSSR count). The van der Waals surface area contributed by atoms with Crippen LogP contribution in [-0.2, 0) is 4.79 Å². The number of carbonyl (C=O) groups excluding carboxylic acids is 1. The number of benzene rings is 1. The second-order valence-electron chi connectivity index (χ2n) is 11.8. The third-order valence-electron chi connectivity index (χ3n) is 10.1. The Bertz CT molecular complexity index is 929. The monoisotopic (exact) mass is 432 g/mol. The van der Waals surface area contributed by atoms with Crippen LogP contribution in [0.1, 0.15) is 71.6 Å². The summed E-state index contributed by atoms with van der Waals surface area (Å²) in [5.74, 6) is 3.41. The van der Waals surface area contributed by atoms with Crippen LogP contribution in [0.3, 0.4) is 0 Å². The third kappa shape index (κ3) is 3.47. The summed E-state index contributed by atoms with van der Waals surface area (Å²) >= 11 is 0. The molecular weight excluding hydrogens is 392 g/mol. The van der Waals surface area contributed by atoms with Crippen LogP contribution in [0.2, 0.25) is 0 Å². The predicted molar refractivity (Wildman–Crippen MR) is 134 cm³/mol. The number of anilines is 1. The smallest absolute Gasteiger partial charge is 0.159 e. The molecule has 172 valence electrons. The van der Waals surface area contributed by atoms with Crippen molar-refractivity contribution < 1.29 is 4.79 Å². The standard InChI is InChI=1S/C29H40N2O/c1-28-16-6-5-7-20(28)8-13-23-24(28)14-17-29(2)25(27(32)19-26(23)29)15-18-30-21-9-11-22(12-10-21)31(3)4/h9-12,15,18,20,23-24,26H,5-8,13-14,16-17,19H2,1-4H3/b25-15+,30-18?/t20?,23-,24+,26+,28+,29-/m1/s1. The average molecular weight is 433 g/mol. The molecular formula is C29H40N2O. The molecule has 0 aliphatic heterocycles. The van der Waals surface area contributed by atoms with Crippen LogP contribution in [0.25, 0.3) is 0 Å². The molecule has 0 N–H and O–H groups in total. The Morgan fingerprint density at radius 2 is 1.75 bits per heavy atom. The minimum absolute atomic E-state index is 0.0386. The van der Waals surface area contributed by atoms with Crippen molar-refractivity contribution in [2.75, 3.05) is 19.0 Å². The van der Waals surface area contributed by atoms with E-state index in [1.54, 1.807) is 0 Å². The quantitative estimate of drug-likeness (QED) is 0.381. The highest BCUT2D eigenvalue weighted by molar-refractivity contribution is 6.03. The number of hydrogen-bond donors (Lipinski definition) is 0. The summed E-state index contributed by atoms with van der Waals surface area (Å²) in [6, 6.07) is 8.25.